The summed E-state index contributed by atoms with van der Waals surface area (Å²) in [5.74, 6) is -0.651. The molecule has 168 valence electrons. The summed E-state index contributed by atoms with van der Waals surface area (Å²) < 4.78 is 31.5. The topological polar surface area (TPSA) is 99.9 Å². The zero-order valence-corrected chi connectivity index (χ0v) is 18.7. The van der Waals surface area contributed by atoms with Crippen LogP contribution in [-0.4, -0.2) is 56.1 Å². The minimum absolute atomic E-state index is 0.145. The van der Waals surface area contributed by atoms with Crippen LogP contribution < -0.4 is 5.32 Å². The van der Waals surface area contributed by atoms with Crippen LogP contribution in [0.4, 0.5) is 5.69 Å². The van der Waals surface area contributed by atoms with E-state index in [1.54, 1.807) is 30.1 Å². The van der Waals surface area contributed by atoms with Crippen molar-refractivity contribution < 1.29 is 22.4 Å². The number of amides is 2. The van der Waals surface area contributed by atoms with Gasteiger partial charge in [-0.05, 0) is 49.6 Å². The Morgan fingerprint density at radius 1 is 1.23 bits per heavy atom. The second kappa shape index (κ2) is 10.1. The van der Waals surface area contributed by atoms with Crippen LogP contribution >= 0.6 is 0 Å². The molecule has 1 aromatic carbocycles. The van der Waals surface area contributed by atoms with E-state index in [9.17, 15) is 18.0 Å². The van der Waals surface area contributed by atoms with Crippen LogP contribution in [0.15, 0.2) is 52.2 Å². The first-order chi connectivity index (χ1) is 14.8. The van der Waals surface area contributed by atoms with E-state index in [4.69, 9.17) is 4.42 Å². The monoisotopic (exact) mass is 447 g/mol. The predicted octanol–water partition coefficient (Wildman–Crippen LogP) is 3.19. The molecule has 1 aliphatic heterocycles. The Labute approximate surface area is 183 Å². The third kappa shape index (κ3) is 5.54. The number of rotatable bonds is 8. The second-order valence-corrected chi connectivity index (χ2v) is 9.84. The zero-order valence-electron chi connectivity index (χ0n) is 17.9. The number of carbonyl (C=O) groups is 2. The van der Waals surface area contributed by atoms with Gasteiger partial charge in [-0.3, -0.25) is 9.59 Å². The molecule has 1 unspecified atom stereocenters. The van der Waals surface area contributed by atoms with Crippen LogP contribution in [0, 0.1) is 5.92 Å². The van der Waals surface area contributed by atoms with Crippen LogP contribution in [0.25, 0.3) is 0 Å². The Bertz CT molecular complexity index is 987. The summed E-state index contributed by atoms with van der Waals surface area (Å²) in [6, 6.07) is 7.80. The molecule has 8 nitrogen and oxygen atoms in total. The zero-order chi connectivity index (χ0) is 22.4. The van der Waals surface area contributed by atoms with Crippen molar-refractivity contribution in [3.8, 4) is 0 Å². The molecule has 0 aliphatic carbocycles. The maximum absolute atomic E-state index is 12.7. The lowest BCUT2D eigenvalue weighted by Crippen LogP contribution is -2.43. The molecule has 2 aromatic rings. The molecule has 2 heterocycles. The number of sulfonamides is 1. The van der Waals surface area contributed by atoms with Gasteiger partial charge in [0, 0.05) is 32.4 Å². The van der Waals surface area contributed by atoms with Gasteiger partial charge in [0.05, 0.1) is 22.6 Å². The van der Waals surface area contributed by atoms with Gasteiger partial charge in [0.25, 0.3) is 5.91 Å². The van der Waals surface area contributed by atoms with Gasteiger partial charge in [-0.2, -0.15) is 0 Å². The Hall–Kier alpha value is -2.65. The summed E-state index contributed by atoms with van der Waals surface area (Å²) in [4.78, 5) is 27.1. The fourth-order valence-electron chi connectivity index (χ4n) is 3.58. The molecule has 0 bridgehead atoms. The minimum atomic E-state index is -3.55. The Balaban J connectivity index is 1.61. The lowest BCUT2D eigenvalue weighted by molar-refractivity contribution is -0.121. The molecule has 0 radical (unpaired) electrons. The molecular formula is C22H29N3O5S. The number of piperidine rings is 1. The van der Waals surface area contributed by atoms with E-state index in [1.807, 2.05) is 6.92 Å². The standard InChI is InChI=1S/C22H29N3O5S/c1-3-4-12-24(2)31(28,29)20-9-7-19(8-10-20)23-21(26)17-6-5-13-25(15-17)22(27)18-11-14-30-16-18/h7-11,14,16-17H,3-6,12-13,15H2,1-2H3,(H,23,26). The number of nitrogens with zero attached hydrogens (tertiary/aromatic N) is 2. The first kappa shape index (κ1) is 23.0. The van der Waals surface area contributed by atoms with Crippen molar-refractivity contribution in [2.24, 2.45) is 5.92 Å². The van der Waals surface area contributed by atoms with Gasteiger partial charge in [0.1, 0.15) is 6.26 Å². The van der Waals surface area contributed by atoms with E-state index >= 15 is 0 Å². The van der Waals surface area contributed by atoms with E-state index in [2.05, 4.69) is 5.32 Å². The van der Waals surface area contributed by atoms with Crippen molar-refractivity contribution in [3.63, 3.8) is 0 Å². The molecule has 3 rings (SSSR count). The van der Waals surface area contributed by atoms with E-state index in [0.717, 1.165) is 19.3 Å². The van der Waals surface area contributed by atoms with Crippen molar-refractivity contribution in [2.75, 3.05) is 32.0 Å². The molecule has 0 spiro atoms. The predicted molar refractivity (Wildman–Crippen MR) is 117 cm³/mol. The molecule has 31 heavy (non-hydrogen) atoms. The quantitative estimate of drug-likeness (QED) is 0.670. The molecule has 0 saturated carbocycles. The average molecular weight is 448 g/mol. The van der Waals surface area contributed by atoms with Crippen molar-refractivity contribution in [1.82, 2.24) is 9.21 Å². The maximum Gasteiger partial charge on any atom is 0.257 e. The third-order valence-corrected chi connectivity index (χ3v) is 7.38. The molecule has 1 aromatic heterocycles. The highest BCUT2D eigenvalue weighted by Gasteiger charge is 2.29. The van der Waals surface area contributed by atoms with Crippen molar-refractivity contribution in [3.05, 3.63) is 48.4 Å². The largest absolute Gasteiger partial charge is 0.472 e. The summed E-state index contributed by atoms with van der Waals surface area (Å²) in [6.07, 6.45) is 6.00. The number of unbranched alkanes of at least 4 members (excludes halogenated alkanes) is 1. The fraction of sp³-hybridized carbons (Fsp3) is 0.455. The summed E-state index contributed by atoms with van der Waals surface area (Å²) in [6.45, 7) is 3.42. The average Bonchev–Trinajstić information content (AvgIpc) is 3.32. The molecule has 1 atom stereocenters. The van der Waals surface area contributed by atoms with Crippen molar-refractivity contribution in [1.29, 1.82) is 0 Å². The number of nitrogens with one attached hydrogen (secondary N) is 1. The first-order valence-electron chi connectivity index (χ1n) is 10.5. The Morgan fingerprint density at radius 2 is 1.97 bits per heavy atom. The van der Waals surface area contributed by atoms with Crippen molar-refractivity contribution in [2.45, 2.75) is 37.5 Å². The van der Waals surface area contributed by atoms with Gasteiger partial charge in [-0.1, -0.05) is 13.3 Å². The van der Waals surface area contributed by atoms with Crippen molar-refractivity contribution >= 4 is 27.5 Å². The Kier molecular flexibility index (Phi) is 7.50. The molecular weight excluding hydrogens is 418 g/mol. The molecule has 9 heteroatoms. The van der Waals surface area contributed by atoms with E-state index in [-0.39, 0.29) is 22.6 Å². The summed E-state index contributed by atoms with van der Waals surface area (Å²) in [7, 11) is -1.98. The lowest BCUT2D eigenvalue weighted by Gasteiger charge is -2.31. The number of hydrogen-bond acceptors (Lipinski definition) is 5. The summed E-state index contributed by atoms with van der Waals surface area (Å²) >= 11 is 0. The Morgan fingerprint density at radius 3 is 2.61 bits per heavy atom. The highest BCUT2D eigenvalue weighted by molar-refractivity contribution is 7.89. The molecule has 2 amide bonds. The molecule has 1 saturated heterocycles. The van der Waals surface area contributed by atoms with Crippen LogP contribution in [0.3, 0.4) is 0 Å². The maximum atomic E-state index is 12.7. The van der Waals surface area contributed by atoms with Gasteiger partial charge in [-0.25, -0.2) is 12.7 Å². The highest BCUT2D eigenvalue weighted by atomic mass is 32.2. The van der Waals surface area contributed by atoms with Crippen LogP contribution in [0.1, 0.15) is 43.0 Å². The fourth-order valence-corrected chi connectivity index (χ4v) is 4.79. The van der Waals surface area contributed by atoms with E-state index in [0.29, 0.717) is 37.3 Å². The van der Waals surface area contributed by atoms with E-state index < -0.39 is 10.0 Å². The number of furan rings is 1. The molecule has 1 N–H and O–H groups in total. The van der Waals surface area contributed by atoms with Gasteiger partial charge in [0.15, 0.2) is 0 Å². The number of anilines is 1. The number of carbonyl (C=O) groups excluding carboxylic acids is 2. The third-order valence-electron chi connectivity index (χ3n) is 5.50. The SMILES string of the molecule is CCCCN(C)S(=O)(=O)c1ccc(NC(=O)C2CCCN(C(=O)c3ccoc3)C2)cc1. The van der Waals surface area contributed by atoms with Crippen LogP contribution in [0.2, 0.25) is 0 Å². The van der Waals surface area contributed by atoms with Gasteiger partial charge < -0.3 is 14.6 Å². The lowest BCUT2D eigenvalue weighted by atomic mass is 9.96. The van der Waals surface area contributed by atoms with Gasteiger partial charge in [0.2, 0.25) is 15.9 Å². The van der Waals surface area contributed by atoms with Crippen LogP contribution in [-0.2, 0) is 14.8 Å². The van der Waals surface area contributed by atoms with Crippen LogP contribution in [0.5, 0.6) is 0 Å². The second-order valence-electron chi connectivity index (χ2n) is 7.80. The summed E-state index contributed by atoms with van der Waals surface area (Å²) in [5, 5.41) is 2.84. The van der Waals surface area contributed by atoms with Gasteiger partial charge >= 0.3 is 0 Å². The normalized spacial score (nSPS) is 17.0. The highest BCUT2D eigenvalue weighted by Crippen LogP contribution is 2.22. The summed E-state index contributed by atoms with van der Waals surface area (Å²) in [5.41, 5.74) is 1.00. The number of benzene rings is 1. The number of hydrogen-bond donors (Lipinski definition) is 1. The van der Waals surface area contributed by atoms with Gasteiger partial charge in [-0.15, -0.1) is 0 Å². The smallest absolute Gasteiger partial charge is 0.257 e. The molecule has 1 aliphatic rings. The number of likely N-dealkylation sites (tertiary alicyclic amines) is 1. The minimum Gasteiger partial charge on any atom is -0.472 e. The first-order valence-corrected chi connectivity index (χ1v) is 12.0. The molecule has 1 fully saturated rings. The van der Waals surface area contributed by atoms with E-state index in [1.165, 1.54) is 29.0 Å².